The number of amides is 3. The molecule has 0 fully saturated rings. The zero-order chi connectivity index (χ0) is 39.4. The summed E-state index contributed by atoms with van der Waals surface area (Å²) in [5.41, 5.74) is 4.23. The summed E-state index contributed by atoms with van der Waals surface area (Å²) in [6.45, 7) is 8.48. The van der Waals surface area contributed by atoms with Gasteiger partial charge in [0.05, 0.1) is 24.0 Å². The van der Waals surface area contributed by atoms with E-state index < -0.39 is 23.0 Å². The Hall–Kier alpha value is -5.69. The van der Waals surface area contributed by atoms with Crippen LogP contribution < -0.4 is 20.7 Å². The molecule has 6 rings (SSSR count). The molecule has 56 heavy (non-hydrogen) atoms. The minimum Gasteiger partial charge on any atom is -0.494 e. The third-order valence-electron chi connectivity index (χ3n) is 8.91. The topological polar surface area (TPSA) is 126 Å². The van der Waals surface area contributed by atoms with E-state index in [9.17, 15) is 19.2 Å². The Morgan fingerprint density at radius 2 is 1.61 bits per heavy atom. The molecular weight excluding hydrogens is 745 g/mol. The van der Waals surface area contributed by atoms with Crippen LogP contribution in [-0.4, -0.2) is 53.6 Å². The minimum absolute atomic E-state index is 0.0491. The fourth-order valence-electron chi connectivity index (χ4n) is 6.19. The maximum atomic E-state index is 13.7. The number of carbonyl (C=O) groups excluding carboxylic acids is 4. The van der Waals surface area contributed by atoms with Crippen molar-refractivity contribution in [2.24, 2.45) is 0 Å². The maximum Gasteiger partial charge on any atom is 0.341 e. The SMILES string of the molecule is CCOC(=O)c1c(NC(=O)C(C)Sc2cccc(NC(=O)/C(=C\c3ccc(OCC)cc3)NC(=O)c3ccccc3)c2)sc2c1CCN(Cc1ccccc1)C2. The molecule has 1 atom stereocenters. The number of nitrogens with zero attached hydrogens (tertiary/aromatic N) is 1. The van der Waals surface area contributed by atoms with Gasteiger partial charge in [0.15, 0.2) is 0 Å². The molecule has 3 amide bonds. The van der Waals surface area contributed by atoms with Crippen LogP contribution in [0.15, 0.2) is 120 Å². The fraction of sp³-hybridized carbons (Fsp3) is 0.227. The minimum atomic E-state index is -0.551. The Kier molecular flexibility index (Phi) is 13.7. The van der Waals surface area contributed by atoms with Gasteiger partial charge >= 0.3 is 5.97 Å². The number of carbonyl (C=O) groups is 4. The molecule has 288 valence electrons. The molecule has 2 heterocycles. The van der Waals surface area contributed by atoms with Crippen LogP contribution in [0.25, 0.3) is 6.08 Å². The molecule has 1 aliphatic heterocycles. The molecule has 10 nitrogen and oxygen atoms in total. The lowest BCUT2D eigenvalue weighted by molar-refractivity contribution is -0.115. The van der Waals surface area contributed by atoms with Crippen molar-refractivity contribution in [1.82, 2.24) is 10.2 Å². The van der Waals surface area contributed by atoms with Crippen LogP contribution in [0.3, 0.4) is 0 Å². The molecule has 0 spiro atoms. The highest BCUT2D eigenvalue weighted by molar-refractivity contribution is 8.00. The quantitative estimate of drug-likeness (QED) is 0.0549. The number of hydrogen-bond donors (Lipinski definition) is 3. The molecule has 1 aromatic heterocycles. The third kappa shape index (κ3) is 10.5. The fourth-order valence-corrected chi connectivity index (χ4v) is 8.40. The van der Waals surface area contributed by atoms with Gasteiger partial charge in [-0.25, -0.2) is 4.79 Å². The van der Waals surface area contributed by atoms with Gasteiger partial charge in [-0.3, -0.25) is 19.3 Å². The van der Waals surface area contributed by atoms with E-state index in [1.807, 2.05) is 37.3 Å². The number of anilines is 2. The van der Waals surface area contributed by atoms with E-state index in [-0.39, 0.29) is 18.2 Å². The lowest BCUT2D eigenvalue weighted by atomic mass is 10.0. The lowest BCUT2D eigenvalue weighted by Gasteiger charge is -2.27. The van der Waals surface area contributed by atoms with Crippen molar-refractivity contribution in [1.29, 1.82) is 0 Å². The zero-order valence-electron chi connectivity index (χ0n) is 31.5. The second-order valence-corrected chi connectivity index (χ2v) is 15.5. The van der Waals surface area contributed by atoms with E-state index in [1.54, 1.807) is 86.7 Å². The summed E-state index contributed by atoms with van der Waals surface area (Å²) in [5, 5.41) is 8.64. The van der Waals surface area contributed by atoms with Gasteiger partial charge in [0.2, 0.25) is 5.91 Å². The van der Waals surface area contributed by atoms with Crippen LogP contribution in [0.1, 0.15) is 63.1 Å². The molecule has 0 radical (unpaired) electrons. The molecular formula is C44H44N4O6S2. The van der Waals surface area contributed by atoms with Gasteiger partial charge in [-0.2, -0.15) is 0 Å². The summed E-state index contributed by atoms with van der Waals surface area (Å²) >= 11 is 2.75. The maximum absolute atomic E-state index is 13.7. The summed E-state index contributed by atoms with van der Waals surface area (Å²) in [7, 11) is 0. The molecule has 1 aliphatic rings. The molecule has 1 unspecified atom stereocenters. The van der Waals surface area contributed by atoms with E-state index in [4.69, 9.17) is 9.47 Å². The number of benzene rings is 4. The van der Waals surface area contributed by atoms with Crippen LogP contribution in [0.2, 0.25) is 0 Å². The Morgan fingerprint density at radius 3 is 2.32 bits per heavy atom. The summed E-state index contributed by atoms with van der Waals surface area (Å²) in [6, 6.07) is 33.3. The highest BCUT2D eigenvalue weighted by Gasteiger charge is 2.30. The molecule has 0 saturated carbocycles. The van der Waals surface area contributed by atoms with Crippen molar-refractivity contribution in [2.45, 2.75) is 50.4 Å². The highest BCUT2D eigenvalue weighted by Crippen LogP contribution is 2.39. The molecule has 5 aromatic rings. The number of thiophene rings is 1. The zero-order valence-corrected chi connectivity index (χ0v) is 33.1. The standard InChI is InChI=1S/C44H44N4O6S2/c1-4-53-34-21-19-30(20-22-34)25-37(46-41(50)32-15-10-7-11-16-32)42(51)45-33-17-12-18-35(26-33)55-29(3)40(49)47-43-39(44(52)54-5-2)36-23-24-48(28-38(36)56-43)27-31-13-8-6-9-14-31/h6-22,25-26,29H,4-5,23-24,27-28H2,1-3H3,(H,45,51)(H,46,50)(H,47,49)/b37-25+. The molecule has 0 bridgehead atoms. The first-order valence-corrected chi connectivity index (χ1v) is 20.2. The van der Waals surface area contributed by atoms with Crippen molar-refractivity contribution >= 4 is 63.6 Å². The van der Waals surface area contributed by atoms with E-state index in [0.29, 0.717) is 52.7 Å². The third-order valence-corrected chi connectivity index (χ3v) is 11.1. The Balaban J connectivity index is 1.14. The summed E-state index contributed by atoms with van der Waals surface area (Å²) in [4.78, 5) is 57.8. The highest BCUT2D eigenvalue weighted by atomic mass is 32.2. The number of nitrogens with one attached hydrogen (secondary N) is 3. The van der Waals surface area contributed by atoms with E-state index in [0.717, 1.165) is 28.4 Å². The summed E-state index contributed by atoms with van der Waals surface area (Å²) < 4.78 is 11.0. The van der Waals surface area contributed by atoms with Crippen molar-refractivity contribution in [3.8, 4) is 5.75 Å². The number of thioether (sulfide) groups is 1. The predicted molar refractivity (Wildman–Crippen MR) is 223 cm³/mol. The average Bonchev–Trinajstić information content (AvgIpc) is 3.56. The van der Waals surface area contributed by atoms with Crippen molar-refractivity contribution in [2.75, 3.05) is 30.4 Å². The molecule has 4 aromatic carbocycles. The van der Waals surface area contributed by atoms with Crippen molar-refractivity contribution in [3.05, 3.63) is 148 Å². The van der Waals surface area contributed by atoms with Gasteiger partial charge < -0.3 is 25.4 Å². The molecule has 0 saturated heterocycles. The van der Waals surface area contributed by atoms with Crippen LogP contribution >= 0.6 is 23.1 Å². The summed E-state index contributed by atoms with van der Waals surface area (Å²) in [6.07, 6.45) is 2.28. The first-order valence-electron chi connectivity index (χ1n) is 18.5. The predicted octanol–water partition coefficient (Wildman–Crippen LogP) is 8.41. The van der Waals surface area contributed by atoms with E-state index in [1.165, 1.54) is 28.7 Å². The van der Waals surface area contributed by atoms with Crippen LogP contribution in [0.4, 0.5) is 10.7 Å². The number of fused-ring (bicyclic) bond motifs is 1. The Labute approximate surface area is 335 Å². The van der Waals surface area contributed by atoms with Gasteiger partial charge in [-0.05, 0) is 92.4 Å². The van der Waals surface area contributed by atoms with Crippen molar-refractivity contribution < 1.29 is 28.7 Å². The van der Waals surface area contributed by atoms with Gasteiger partial charge in [-0.1, -0.05) is 66.7 Å². The van der Waals surface area contributed by atoms with E-state index >= 15 is 0 Å². The van der Waals surface area contributed by atoms with Gasteiger partial charge in [0.1, 0.15) is 16.4 Å². The molecule has 3 N–H and O–H groups in total. The smallest absolute Gasteiger partial charge is 0.341 e. The second-order valence-electron chi connectivity index (χ2n) is 13.0. The Bertz CT molecular complexity index is 2190. The average molecular weight is 789 g/mol. The largest absolute Gasteiger partial charge is 0.494 e. The summed E-state index contributed by atoms with van der Waals surface area (Å²) in [5.74, 6) is -0.952. The van der Waals surface area contributed by atoms with Crippen molar-refractivity contribution in [3.63, 3.8) is 0 Å². The van der Waals surface area contributed by atoms with Crippen LogP contribution in [0.5, 0.6) is 5.75 Å². The molecule has 12 heteroatoms. The van der Waals surface area contributed by atoms with Crippen LogP contribution in [0, 0.1) is 0 Å². The number of ether oxygens (including phenoxy) is 2. The first-order chi connectivity index (χ1) is 27.2. The molecule has 0 aliphatic carbocycles. The normalized spacial score (nSPS) is 13.2. The van der Waals surface area contributed by atoms with E-state index in [2.05, 4.69) is 33.0 Å². The van der Waals surface area contributed by atoms with Crippen LogP contribution in [-0.2, 0) is 33.8 Å². The van der Waals surface area contributed by atoms with Gasteiger partial charge in [0.25, 0.3) is 11.8 Å². The first kappa shape index (κ1) is 40.0. The number of hydrogen-bond acceptors (Lipinski definition) is 9. The van der Waals surface area contributed by atoms with Gasteiger partial charge in [0, 0.05) is 40.7 Å². The number of rotatable bonds is 15. The lowest BCUT2D eigenvalue weighted by Crippen LogP contribution is -2.30. The monoisotopic (exact) mass is 788 g/mol. The second kappa shape index (κ2) is 19.3. The number of esters is 1. The Morgan fingerprint density at radius 1 is 0.875 bits per heavy atom. The van der Waals surface area contributed by atoms with Gasteiger partial charge in [-0.15, -0.1) is 23.1 Å².